The van der Waals surface area contributed by atoms with Gasteiger partial charge in [0.05, 0.1) is 5.02 Å². The molecule has 0 aliphatic carbocycles. The molecule has 3 nitrogen and oxygen atoms in total. The summed E-state index contributed by atoms with van der Waals surface area (Å²) in [5.41, 5.74) is 0.172. The van der Waals surface area contributed by atoms with Crippen molar-refractivity contribution in [2.75, 3.05) is 7.11 Å². The molecule has 0 atom stereocenters. The summed E-state index contributed by atoms with van der Waals surface area (Å²) in [5.74, 6) is 0. The van der Waals surface area contributed by atoms with Crippen molar-refractivity contribution in [3.05, 3.63) is 20.9 Å². The van der Waals surface area contributed by atoms with Crippen LogP contribution in [0.5, 0.6) is 0 Å². The van der Waals surface area contributed by atoms with Crippen molar-refractivity contribution in [1.82, 2.24) is 4.57 Å². The van der Waals surface area contributed by atoms with E-state index in [1.54, 1.807) is 0 Å². The lowest BCUT2D eigenvalue weighted by atomic mass is 10.4. The smallest absolute Gasteiger partial charge is 0.132 e. The predicted octanol–water partition coefficient (Wildman–Crippen LogP) is 2.92. The highest BCUT2D eigenvalue weighted by Crippen LogP contribution is 2.34. The van der Waals surface area contributed by atoms with Crippen LogP contribution in [0.25, 0.3) is 0 Å². The van der Waals surface area contributed by atoms with Crippen LogP contribution in [-0.4, -0.2) is 11.7 Å². The monoisotopic (exact) mass is 238 g/mol. The highest BCUT2D eigenvalue weighted by Gasteiger charge is 2.18. The molecule has 0 unspecified atom stereocenters. The SMILES string of the molecule is COCn1c(Cl)c(Cl)c(C#N)c1Cl. The summed E-state index contributed by atoms with van der Waals surface area (Å²) in [5, 5.41) is 9.24. The van der Waals surface area contributed by atoms with E-state index in [2.05, 4.69) is 0 Å². The molecule has 0 bridgehead atoms. The average Bonchev–Trinajstić information content (AvgIpc) is 2.31. The fourth-order valence-electron chi connectivity index (χ4n) is 0.871. The van der Waals surface area contributed by atoms with Crippen LogP contribution < -0.4 is 0 Å². The van der Waals surface area contributed by atoms with Gasteiger partial charge < -0.3 is 4.74 Å². The van der Waals surface area contributed by atoms with Gasteiger partial charge in [0.15, 0.2) is 0 Å². The summed E-state index contributed by atoms with van der Waals surface area (Å²) < 4.78 is 6.24. The van der Waals surface area contributed by atoms with Crippen molar-refractivity contribution < 1.29 is 4.74 Å². The summed E-state index contributed by atoms with van der Waals surface area (Å²) in [6.45, 7) is 0.166. The maximum Gasteiger partial charge on any atom is 0.132 e. The van der Waals surface area contributed by atoms with E-state index in [1.165, 1.54) is 11.7 Å². The van der Waals surface area contributed by atoms with Crippen LogP contribution in [0.15, 0.2) is 0 Å². The third-order valence-electron chi connectivity index (χ3n) is 1.45. The lowest BCUT2D eigenvalue weighted by Gasteiger charge is -2.03. The van der Waals surface area contributed by atoms with E-state index in [9.17, 15) is 0 Å². The molecular weight excluding hydrogens is 234 g/mol. The lowest BCUT2D eigenvalue weighted by Crippen LogP contribution is -1.99. The number of hydrogen-bond donors (Lipinski definition) is 0. The molecule has 0 saturated carbocycles. The van der Waals surface area contributed by atoms with Gasteiger partial charge in [-0.2, -0.15) is 5.26 Å². The molecule has 0 fully saturated rings. The van der Waals surface area contributed by atoms with Crippen LogP contribution in [0.3, 0.4) is 0 Å². The van der Waals surface area contributed by atoms with E-state index in [0.29, 0.717) is 0 Å². The number of nitrogens with zero attached hydrogens (tertiary/aromatic N) is 2. The Hall–Kier alpha value is -0.400. The molecule has 6 heteroatoms. The molecule has 70 valence electrons. The van der Waals surface area contributed by atoms with Gasteiger partial charge in [-0.15, -0.1) is 0 Å². The first-order chi connectivity index (χ1) is 6.13. The molecule has 13 heavy (non-hydrogen) atoms. The van der Waals surface area contributed by atoms with Gasteiger partial charge in [0.25, 0.3) is 0 Å². The quantitative estimate of drug-likeness (QED) is 0.796. The van der Waals surface area contributed by atoms with Crippen LogP contribution in [0.1, 0.15) is 5.56 Å². The molecule has 1 aromatic rings. The number of hydrogen-bond acceptors (Lipinski definition) is 2. The fourth-order valence-corrected chi connectivity index (χ4v) is 1.69. The van der Waals surface area contributed by atoms with E-state index >= 15 is 0 Å². The Labute approximate surface area is 90.4 Å². The number of aromatic nitrogens is 1. The molecule has 0 amide bonds. The van der Waals surface area contributed by atoms with Crippen molar-refractivity contribution in [1.29, 1.82) is 5.26 Å². The Kier molecular flexibility index (Phi) is 3.46. The minimum atomic E-state index is 0.159. The first-order valence-electron chi connectivity index (χ1n) is 3.25. The number of ether oxygens (including phenoxy) is 1. The summed E-state index contributed by atoms with van der Waals surface area (Å²) in [6.07, 6.45) is 0. The predicted molar refractivity (Wildman–Crippen MR) is 51.2 cm³/mol. The fraction of sp³-hybridized carbons (Fsp3) is 0.286. The second kappa shape index (κ2) is 4.21. The topological polar surface area (TPSA) is 38.0 Å². The summed E-state index contributed by atoms with van der Waals surface area (Å²) >= 11 is 17.3. The van der Waals surface area contributed by atoms with Crippen molar-refractivity contribution in [3.63, 3.8) is 0 Å². The van der Waals surface area contributed by atoms with E-state index in [0.717, 1.165) is 0 Å². The Balaban J connectivity index is 3.30. The standard InChI is InChI=1S/C7H5Cl3N2O/c1-13-3-12-6(9)4(2-11)5(8)7(12)10/h3H2,1H3. The minimum absolute atomic E-state index is 0.159. The molecule has 0 radical (unpaired) electrons. The van der Waals surface area contributed by atoms with Gasteiger partial charge in [-0.25, -0.2) is 0 Å². The molecular formula is C7H5Cl3N2O. The van der Waals surface area contributed by atoms with Crippen molar-refractivity contribution in [2.24, 2.45) is 0 Å². The summed E-state index contributed by atoms with van der Waals surface area (Å²) in [6, 6.07) is 1.86. The van der Waals surface area contributed by atoms with Crippen molar-refractivity contribution in [2.45, 2.75) is 6.73 Å². The minimum Gasteiger partial charge on any atom is -0.364 e. The van der Waals surface area contributed by atoms with E-state index in [1.807, 2.05) is 6.07 Å². The molecule has 1 heterocycles. The molecule has 0 aliphatic heterocycles. The largest absolute Gasteiger partial charge is 0.364 e. The molecule has 0 N–H and O–H groups in total. The van der Waals surface area contributed by atoms with Gasteiger partial charge >= 0.3 is 0 Å². The zero-order valence-corrected chi connectivity index (χ0v) is 8.91. The molecule has 0 spiro atoms. The zero-order valence-electron chi connectivity index (χ0n) is 6.64. The van der Waals surface area contributed by atoms with Gasteiger partial charge in [0.2, 0.25) is 0 Å². The number of rotatable bonds is 2. The number of halogens is 3. The highest BCUT2D eigenvalue weighted by atomic mass is 35.5. The van der Waals surface area contributed by atoms with E-state index in [4.69, 9.17) is 44.8 Å². The summed E-state index contributed by atoms with van der Waals surface area (Å²) in [7, 11) is 1.49. The Morgan fingerprint density at radius 1 is 1.38 bits per heavy atom. The van der Waals surface area contributed by atoms with Gasteiger partial charge in [-0.05, 0) is 0 Å². The maximum atomic E-state index is 8.67. The Morgan fingerprint density at radius 3 is 2.38 bits per heavy atom. The van der Waals surface area contributed by atoms with Crippen LogP contribution in [0.4, 0.5) is 0 Å². The number of nitriles is 1. The first-order valence-corrected chi connectivity index (χ1v) is 4.38. The van der Waals surface area contributed by atoms with Crippen molar-refractivity contribution >= 4 is 34.8 Å². The molecule has 1 aromatic heterocycles. The van der Waals surface area contributed by atoms with Gasteiger partial charge in [-0.1, -0.05) is 34.8 Å². The molecule has 0 aromatic carbocycles. The molecule has 0 aliphatic rings. The number of methoxy groups -OCH3 is 1. The first kappa shape index (κ1) is 10.7. The van der Waals surface area contributed by atoms with Crippen LogP contribution in [0.2, 0.25) is 15.3 Å². The van der Waals surface area contributed by atoms with E-state index < -0.39 is 0 Å². The maximum absolute atomic E-state index is 8.67. The van der Waals surface area contributed by atoms with E-state index in [-0.39, 0.29) is 27.6 Å². The van der Waals surface area contributed by atoms with Gasteiger partial charge in [0, 0.05) is 7.11 Å². The third-order valence-corrected chi connectivity index (χ3v) is 2.70. The lowest BCUT2D eigenvalue weighted by molar-refractivity contribution is 0.132. The molecule has 0 saturated heterocycles. The second-order valence-corrected chi connectivity index (χ2v) is 3.32. The molecule has 1 rings (SSSR count). The van der Waals surface area contributed by atoms with Crippen LogP contribution >= 0.6 is 34.8 Å². The second-order valence-electron chi connectivity index (χ2n) is 2.23. The van der Waals surface area contributed by atoms with Gasteiger partial charge in [0.1, 0.15) is 28.7 Å². The van der Waals surface area contributed by atoms with Gasteiger partial charge in [-0.3, -0.25) is 4.57 Å². The normalized spacial score (nSPS) is 10.1. The van der Waals surface area contributed by atoms with Crippen LogP contribution in [-0.2, 0) is 11.5 Å². The Bertz CT molecular complexity index is 367. The Morgan fingerprint density at radius 2 is 2.00 bits per heavy atom. The third kappa shape index (κ3) is 1.77. The average molecular weight is 239 g/mol. The van der Waals surface area contributed by atoms with Crippen molar-refractivity contribution in [3.8, 4) is 6.07 Å². The zero-order chi connectivity index (χ0) is 10.0. The van der Waals surface area contributed by atoms with Crippen LogP contribution in [0, 0.1) is 11.3 Å². The summed E-state index contributed by atoms with van der Waals surface area (Å²) in [4.78, 5) is 0. The highest BCUT2D eigenvalue weighted by molar-refractivity contribution is 6.44.